The first-order valence-electron chi connectivity index (χ1n) is 8.50. The molecule has 1 amide bonds. The van der Waals surface area contributed by atoms with Crippen LogP contribution in [0.3, 0.4) is 0 Å². The van der Waals surface area contributed by atoms with Crippen LogP contribution < -0.4 is 10.1 Å². The van der Waals surface area contributed by atoms with Crippen molar-refractivity contribution in [1.29, 1.82) is 0 Å². The Hall–Kier alpha value is -2.96. The molecule has 0 aromatic heterocycles. The van der Waals surface area contributed by atoms with Gasteiger partial charge in [-0.05, 0) is 31.0 Å². The number of benzene rings is 2. The summed E-state index contributed by atoms with van der Waals surface area (Å²) in [4.78, 5) is 23.3. The number of nitrogens with one attached hydrogen (secondary N) is 1. The molecule has 144 valence electrons. The average molecular weight is 377 g/mol. The van der Waals surface area contributed by atoms with E-state index in [0.29, 0.717) is 17.9 Å². The van der Waals surface area contributed by atoms with Crippen LogP contribution >= 0.6 is 0 Å². The second-order valence-electron chi connectivity index (χ2n) is 5.97. The van der Waals surface area contributed by atoms with E-state index in [9.17, 15) is 23.5 Å². The van der Waals surface area contributed by atoms with Crippen LogP contribution in [0.25, 0.3) is 0 Å². The molecule has 1 unspecified atom stereocenters. The number of alkyl halides is 2. The largest absolute Gasteiger partial charge is 0.494 e. The number of carboxylic acids is 1. The van der Waals surface area contributed by atoms with Crippen molar-refractivity contribution in [1.82, 2.24) is 5.32 Å². The van der Waals surface area contributed by atoms with E-state index in [1.54, 1.807) is 30.3 Å². The fourth-order valence-electron chi connectivity index (χ4n) is 2.53. The number of carbonyl (C=O) groups excluding carboxylic acids is 1. The molecule has 2 aromatic rings. The van der Waals surface area contributed by atoms with Crippen LogP contribution in [-0.2, 0) is 21.9 Å². The monoisotopic (exact) mass is 377 g/mol. The minimum atomic E-state index is -3.73. The van der Waals surface area contributed by atoms with Gasteiger partial charge in [0, 0.05) is 12.1 Å². The lowest BCUT2D eigenvalue weighted by atomic mass is 9.99. The molecule has 0 aliphatic rings. The SMILES string of the molecule is CCOc1ccc(CC(CNC(=O)C(F)(F)c2ccccc2)C(=O)O)cc1. The molecule has 0 saturated carbocycles. The number of aliphatic carboxylic acids is 1. The number of rotatable bonds is 9. The number of hydrogen-bond donors (Lipinski definition) is 2. The van der Waals surface area contributed by atoms with Gasteiger partial charge in [0.25, 0.3) is 5.91 Å². The molecule has 0 saturated heterocycles. The van der Waals surface area contributed by atoms with E-state index in [4.69, 9.17) is 4.74 Å². The molecule has 0 spiro atoms. The van der Waals surface area contributed by atoms with E-state index in [0.717, 1.165) is 12.1 Å². The Morgan fingerprint density at radius 1 is 1.11 bits per heavy atom. The van der Waals surface area contributed by atoms with Gasteiger partial charge >= 0.3 is 11.9 Å². The highest BCUT2D eigenvalue weighted by atomic mass is 19.3. The van der Waals surface area contributed by atoms with E-state index >= 15 is 0 Å². The van der Waals surface area contributed by atoms with Crippen molar-refractivity contribution < 1.29 is 28.2 Å². The lowest BCUT2D eigenvalue weighted by Gasteiger charge is -2.19. The first-order valence-corrected chi connectivity index (χ1v) is 8.50. The first kappa shape index (κ1) is 20.4. The van der Waals surface area contributed by atoms with E-state index in [1.165, 1.54) is 12.1 Å². The van der Waals surface area contributed by atoms with Gasteiger partial charge in [-0.15, -0.1) is 0 Å². The third kappa shape index (κ3) is 5.51. The molecule has 0 radical (unpaired) electrons. The topological polar surface area (TPSA) is 75.6 Å². The van der Waals surface area contributed by atoms with Gasteiger partial charge in [0.1, 0.15) is 5.75 Å². The highest BCUT2D eigenvalue weighted by molar-refractivity contribution is 5.85. The lowest BCUT2D eigenvalue weighted by Crippen LogP contribution is -2.42. The van der Waals surface area contributed by atoms with Gasteiger partial charge in [-0.25, -0.2) is 0 Å². The van der Waals surface area contributed by atoms with E-state index in [1.807, 2.05) is 6.92 Å². The summed E-state index contributed by atoms with van der Waals surface area (Å²) in [5.41, 5.74) is 0.260. The minimum Gasteiger partial charge on any atom is -0.494 e. The fourth-order valence-corrected chi connectivity index (χ4v) is 2.53. The lowest BCUT2D eigenvalue weighted by molar-refractivity contribution is -0.148. The number of carbonyl (C=O) groups is 2. The highest BCUT2D eigenvalue weighted by Gasteiger charge is 2.40. The van der Waals surface area contributed by atoms with Crippen LogP contribution in [0.4, 0.5) is 8.78 Å². The summed E-state index contributed by atoms with van der Waals surface area (Å²) in [5.74, 6) is -6.80. The van der Waals surface area contributed by atoms with Crippen LogP contribution in [-0.4, -0.2) is 30.1 Å². The first-order chi connectivity index (χ1) is 12.8. The zero-order valence-electron chi connectivity index (χ0n) is 14.8. The van der Waals surface area contributed by atoms with Crippen molar-refractivity contribution in [2.24, 2.45) is 5.92 Å². The van der Waals surface area contributed by atoms with Crippen LogP contribution in [0.5, 0.6) is 5.75 Å². The van der Waals surface area contributed by atoms with Gasteiger partial charge in [-0.2, -0.15) is 8.78 Å². The smallest absolute Gasteiger partial charge is 0.349 e. The Morgan fingerprint density at radius 3 is 2.30 bits per heavy atom. The van der Waals surface area contributed by atoms with Gasteiger partial charge in [0.05, 0.1) is 12.5 Å². The van der Waals surface area contributed by atoms with Crippen molar-refractivity contribution in [2.45, 2.75) is 19.3 Å². The zero-order chi connectivity index (χ0) is 19.9. The third-order valence-electron chi connectivity index (χ3n) is 4.00. The maximum atomic E-state index is 14.2. The quantitative estimate of drug-likeness (QED) is 0.704. The predicted octanol–water partition coefficient (Wildman–Crippen LogP) is 3.24. The summed E-state index contributed by atoms with van der Waals surface area (Å²) in [6.45, 7) is 1.96. The summed E-state index contributed by atoms with van der Waals surface area (Å²) in [6, 6.07) is 13.5. The van der Waals surface area contributed by atoms with Gasteiger partial charge < -0.3 is 15.2 Å². The molecule has 27 heavy (non-hydrogen) atoms. The number of amides is 1. The molecule has 7 heteroatoms. The molecular weight excluding hydrogens is 356 g/mol. The zero-order valence-corrected chi connectivity index (χ0v) is 14.8. The van der Waals surface area contributed by atoms with Gasteiger partial charge in [-0.1, -0.05) is 42.5 Å². The normalized spacial score (nSPS) is 12.3. The summed E-state index contributed by atoms with van der Waals surface area (Å²) >= 11 is 0. The molecule has 0 fully saturated rings. The Balaban J connectivity index is 1.99. The standard InChI is InChI=1S/C20H21F2NO4/c1-2-27-17-10-8-14(9-11-17)12-15(18(24)25)13-23-19(26)20(21,22)16-6-4-3-5-7-16/h3-11,15H,2,12-13H2,1H3,(H,23,26)(H,24,25). The van der Waals surface area contributed by atoms with Crippen LogP contribution in [0.1, 0.15) is 18.1 Å². The Morgan fingerprint density at radius 2 is 1.74 bits per heavy atom. The van der Waals surface area contributed by atoms with E-state index < -0.39 is 35.8 Å². The number of carboxylic acid groups (broad SMARTS) is 1. The Bertz CT molecular complexity index is 763. The van der Waals surface area contributed by atoms with Gasteiger partial charge in [0.15, 0.2) is 0 Å². The Labute approximate surface area is 156 Å². The summed E-state index contributed by atoms with van der Waals surface area (Å²) in [6.07, 6.45) is 0.0962. The van der Waals surface area contributed by atoms with Gasteiger partial charge in [0.2, 0.25) is 0 Å². The van der Waals surface area contributed by atoms with Crippen molar-refractivity contribution in [3.8, 4) is 5.75 Å². The minimum absolute atomic E-state index is 0.0962. The molecular formula is C20H21F2NO4. The molecule has 0 aliphatic carbocycles. The molecule has 2 N–H and O–H groups in total. The van der Waals surface area contributed by atoms with E-state index in [-0.39, 0.29) is 6.42 Å². The number of ether oxygens (including phenoxy) is 1. The fraction of sp³-hybridized carbons (Fsp3) is 0.300. The van der Waals surface area contributed by atoms with Crippen LogP contribution in [0.2, 0.25) is 0 Å². The van der Waals surface area contributed by atoms with Gasteiger partial charge in [-0.3, -0.25) is 9.59 Å². The molecule has 2 aromatic carbocycles. The molecule has 1 atom stereocenters. The summed E-state index contributed by atoms with van der Waals surface area (Å²) < 4.78 is 33.7. The summed E-state index contributed by atoms with van der Waals surface area (Å²) in [7, 11) is 0. The second-order valence-corrected chi connectivity index (χ2v) is 5.97. The highest BCUT2D eigenvalue weighted by Crippen LogP contribution is 2.27. The second kappa shape index (κ2) is 9.12. The van der Waals surface area contributed by atoms with Crippen molar-refractivity contribution in [3.05, 3.63) is 65.7 Å². The summed E-state index contributed by atoms with van der Waals surface area (Å²) in [5, 5.41) is 11.4. The number of hydrogen-bond acceptors (Lipinski definition) is 3. The maximum absolute atomic E-state index is 14.2. The average Bonchev–Trinajstić information content (AvgIpc) is 2.66. The van der Waals surface area contributed by atoms with Crippen molar-refractivity contribution in [3.63, 3.8) is 0 Å². The maximum Gasteiger partial charge on any atom is 0.349 e. The molecule has 2 rings (SSSR count). The van der Waals surface area contributed by atoms with Crippen LogP contribution in [0.15, 0.2) is 54.6 Å². The molecule has 0 heterocycles. The number of halogens is 2. The van der Waals surface area contributed by atoms with Crippen molar-refractivity contribution >= 4 is 11.9 Å². The third-order valence-corrected chi connectivity index (χ3v) is 4.00. The molecule has 0 aliphatic heterocycles. The molecule has 0 bridgehead atoms. The van der Waals surface area contributed by atoms with Crippen molar-refractivity contribution in [2.75, 3.05) is 13.2 Å². The molecule has 5 nitrogen and oxygen atoms in total. The van der Waals surface area contributed by atoms with E-state index in [2.05, 4.69) is 5.32 Å². The van der Waals surface area contributed by atoms with Crippen LogP contribution in [0, 0.1) is 5.92 Å². The predicted molar refractivity (Wildman–Crippen MR) is 95.8 cm³/mol. The Kier molecular flexibility index (Phi) is 6.87.